The molecular weight excluding hydrogens is 278 g/mol. The summed E-state index contributed by atoms with van der Waals surface area (Å²) in [6, 6.07) is 5.74. The molecule has 0 bridgehead atoms. The van der Waals surface area contributed by atoms with Crippen LogP contribution in [-0.4, -0.2) is 11.4 Å². The van der Waals surface area contributed by atoms with Crippen LogP contribution in [0.1, 0.15) is 48.5 Å². The first kappa shape index (κ1) is 12.6. The summed E-state index contributed by atoms with van der Waals surface area (Å²) < 4.78 is 0.988. The Morgan fingerprint density at radius 3 is 2.59 bits per heavy atom. The second-order valence-corrected chi connectivity index (χ2v) is 6.04. The molecule has 0 heterocycles. The number of carbonyl (C=O) groups is 1. The molecule has 0 unspecified atom stereocenters. The van der Waals surface area contributed by atoms with Crippen LogP contribution < -0.4 is 5.32 Å². The molecule has 1 aromatic carbocycles. The minimum Gasteiger partial charge on any atom is -0.347 e. The zero-order valence-electron chi connectivity index (χ0n) is 10.3. The number of nitrogens with one attached hydrogen (secondary N) is 1. The van der Waals surface area contributed by atoms with Crippen LogP contribution in [0.4, 0.5) is 0 Å². The Labute approximate surface area is 111 Å². The third kappa shape index (κ3) is 2.89. The predicted molar refractivity (Wildman–Crippen MR) is 73.2 cm³/mol. The third-order valence-electron chi connectivity index (χ3n) is 3.56. The van der Waals surface area contributed by atoms with Gasteiger partial charge in [0, 0.05) is 15.6 Å². The number of rotatable bonds is 2. The van der Waals surface area contributed by atoms with Gasteiger partial charge in [-0.25, -0.2) is 0 Å². The van der Waals surface area contributed by atoms with Crippen molar-refractivity contribution in [2.24, 2.45) is 0 Å². The lowest BCUT2D eigenvalue weighted by Gasteiger charge is -2.25. The van der Waals surface area contributed by atoms with Crippen molar-refractivity contribution in [3.05, 3.63) is 33.8 Å². The minimum absolute atomic E-state index is 0.00551. The fourth-order valence-corrected chi connectivity index (χ4v) is 2.74. The van der Waals surface area contributed by atoms with Crippen LogP contribution >= 0.6 is 15.9 Å². The average Bonchev–Trinajstić information content (AvgIpc) is 2.69. The summed E-state index contributed by atoms with van der Waals surface area (Å²) in [5.41, 5.74) is 1.87. The Morgan fingerprint density at radius 1 is 1.35 bits per heavy atom. The number of carbonyl (C=O) groups excluding carboxylic acids is 1. The summed E-state index contributed by atoms with van der Waals surface area (Å²) in [7, 11) is 0. The van der Waals surface area contributed by atoms with Crippen molar-refractivity contribution in [2.75, 3.05) is 0 Å². The van der Waals surface area contributed by atoms with Gasteiger partial charge in [0.1, 0.15) is 0 Å². The molecule has 1 amide bonds. The van der Waals surface area contributed by atoms with Crippen molar-refractivity contribution in [2.45, 2.75) is 45.1 Å². The van der Waals surface area contributed by atoms with E-state index in [1.54, 1.807) is 0 Å². The van der Waals surface area contributed by atoms with Crippen LogP contribution in [-0.2, 0) is 0 Å². The Balaban J connectivity index is 2.11. The number of hydrogen-bond acceptors (Lipinski definition) is 1. The standard InChI is InChI=1S/C14H18BrNO/c1-10-5-6-11(9-12(10)15)13(17)16-14(2)7-3-4-8-14/h5-6,9H,3-4,7-8H2,1-2H3,(H,16,17). The van der Waals surface area contributed by atoms with Crippen molar-refractivity contribution in [1.29, 1.82) is 0 Å². The fraction of sp³-hybridized carbons (Fsp3) is 0.500. The SMILES string of the molecule is Cc1ccc(C(=O)NC2(C)CCCC2)cc1Br. The molecule has 1 aliphatic carbocycles. The molecule has 17 heavy (non-hydrogen) atoms. The summed E-state index contributed by atoms with van der Waals surface area (Å²) in [6.45, 7) is 4.16. The molecule has 92 valence electrons. The van der Waals surface area contributed by atoms with Gasteiger partial charge in [-0.2, -0.15) is 0 Å². The molecule has 1 N–H and O–H groups in total. The zero-order chi connectivity index (χ0) is 12.5. The van der Waals surface area contributed by atoms with Crippen LogP contribution in [0.5, 0.6) is 0 Å². The molecule has 1 aromatic rings. The second-order valence-electron chi connectivity index (χ2n) is 5.19. The van der Waals surface area contributed by atoms with E-state index in [0.717, 1.165) is 28.4 Å². The number of aryl methyl sites for hydroxylation is 1. The van der Waals surface area contributed by atoms with Crippen molar-refractivity contribution < 1.29 is 4.79 Å². The highest BCUT2D eigenvalue weighted by atomic mass is 79.9. The van der Waals surface area contributed by atoms with Gasteiger partial charge in [0.15, 0.2) is 0 Å². The molecule has 1 saturated carbocycles. The van der Waals surface area contributed by atoms with Crippen molar-refractivity contribution in [3.63, 3.8) is 0 Å². The lowest BCUT2D eigenvalue weighted by Crippen LogP contribution is -2.43. The molecule has 2 nitrogen and oxygen atoms in total. The number of amides is 1. The van der Waals surface area contributed by atoms with Gasteiger partial charge < -0.3 is 5.32 Å². The summed E-state index contributed by atoms with van der Waals surface area (Å²) in [5.74, 6) is 0.0371. The highest BCUT2D eigenvalue weighted by molar-refractivity contribution is 9.10. The van der Waals surface area contributed by atoms with Crippen LogP contribution in [0.15, 0.2) is 22.7 Å². The minimum atomic E-state index is -0.00551. The van der Waals surface area contributed by atoms with Gasteiger partial charge in [0.25, 0.3) is 5.91 Å². The van der Waals surface area contributed by atoms with E-state index < -0.39 is 0 Å². The summed E-state index contributed by atoms with van der Waals surface area (Å²) >= 11 is 3.46. The maximum absolute atomic E-state index is 12.1. The van der Waals surface area contributed by atoms with Gasteiger partial charge in [-0.1, -0.05) is 34.8 Å². The Hall–Kier alpha value is -0.830. The van der Waals surface area contributed by atoms with Crippen molar-refractivity contribution in [3.8, 4) is 0 Å². The zero-order valence-corrected chi connectivity index (χ0v) is 11.9. The summed E-state index contributed by atoms with van der Waals surface area (Å²) in [5, 5.41) is 3.16. The topological polar surface area (TPSA) is 29.1 Å². The maximum atomic E-state index is 12.1. The Morgan fingerprint density at radius 2 is 2.00 bits per heavy atom. The average molecular weight is 296 g/mol. The van der Waals surface area contributed by atoms with Crippen LogP contribution in [0.2, 0.25) is 0 Å². The second kappa shape index (κ2) is 4.81. The van der Waals surface area contributed by atoms with Gasteiger partial charge in [-0.05, 0) is 44.4 Å². The first-order chi connectivity index (χ1) is 8.00. The van der Waals surface area contributed by atoms with Crippen LogP contribution in [0, 0.1) is 6.92 Å². The molecule has 1 fully saturated rings. The van der Waals surface area contributed by atoms with Gasteiger partial charge >= 0.3 is 0 Å². The predicted octanol–water partition coefficient (Wildman–Crippen LogP) is 3.82. The molecule has 0 atom stereocenters. The summed E-state index contributed by atoms with van der Waals surface area (Å²) in [6.07, 6.45) is 4.61. The quantitative estimate of drug-likeness (QED) is 0.883. The molecule has 3 heteroatoms. The number of halogens is 1. The largest absolute Gasteiger partial charge is 0.347 e. The van der Waals surface area contributed by atoms with E-state index in [-0.39, 0.29) is 11.4 Å². The van der Waals surface area contributed by atoms with Crippen molar-refractivity contribution >= 4 is 21.8 Å². The molecule has 2 rings (SSSR count). The van der Waals surface area contributed by atoms with E-state index in [2.05, 4.69) is 28.2 Å². The smallest absolute Gasteiger partial charge is 0.251 e. The maximum Gasteiger partial charge on any atom is 0.251 e. The summed E-state index contributed by atoms with van der Waals surface area (Å²) in [4.78, 5) is 12.1. The van der Waals surface area contributed by atoms with E-state index in [1.165, 1.54) is 12.8 Å². The molecule has 0 saturated heterocycles. The highest BCUT2D eigenvalue weighted by Gasteiger charge is 2.30. The van der Waals surface area contributed by atoms with E-state index in [4.69, 9.17) is 0 Å². The Bertz CT molecular complexity index is 436. The lowest BCUT2D eigenvalue weighted by molar-refractivity contribution is 0.0908. The first-order valence-electron chi connectivity index (χ1n) is 6.09. The molecule has 0 radical (unpaired) electrons. The van der Waals surface area contributed by atoms with E-state index in [9.17, 15) is 4.79 Å². The number of benzene rings is 1. The van der Waals surface area contributed by atoms with Crippen LogP contribution in [0.25, 0.3) is 0 Å². The number of hydrogen-bond donors (Lipinski definition) is 1. The molecule has 0 aliphatic heterocycles. The first-order valence-corrected chi connectivity index (χ1v) is 6.88. The normalized spacial score (nSPS) is 18.1. The van der Waals surface area contributed by atoms with Gasteiger partial charge in [-0.3, -0.25) is 4.79 Å². The molecule has 1 aliphatic rings. The van der Waals surface area contributed by atoms with E-state index in [0.29, 0.717) is 0 Å². The monoisotopic (exact) mass is 295 g/mol. The van der Waals surface area contributed by atoms with E-state index >= 15 is 0 Å². The van der Waals surface area contributed by atoms with Gasteiger partial charge in [-0.15, -0.1) is 0 Å². The third-order valence-corrected chi connectivity index (χ3v) is 4.41. The Kier molecular flexibility index (Phi) is 3.57. The molecule has 0 spiro atoms. The fourth-order valence-electron chi connectivity index (χ4n) is 2.36. The molecular formula is C14H18BrNO. The lowest BCUT2D eigenvalue weighted by atomic mass is 10.00. The van der Waals surface area contributed by atoms with Gasteiger partial charge in [0.05, 0.1) is 0 Å². The molecule has 0 aromatic heterocycles. The van der Waals surface area contributed by atoms with Crippen molar-refractivity contribution in [1.82, 2.24) is 5.32 Å². The van der Waals surface area contributed by atoms with Crippen LogP contribution in [0.3, 0.4) is 0 Å². The van der Waals surface area contributed by atoms with Gasteiger partial charge in [0.2, 0.25) is 0 Å². The highest BCUT2D eigenvalue weighted by Crippen LogP contribution is 2.29. The van der Waals surface area contributed by atoms with E-state index in [1.807, 2.05) is 25.1 Å².